The molecule has 0 radical (unpaired) electrons. The zero-order valence-corrected chi connectivity index (χ0v) is 8.18. The van der Waals surface area contributed by atoms with Crippen LogP contribution >= 0.6 is 0 Å². The first-order chi connectivity index (χ1) is 7.11. The molecule has 86 valence electrons. The molecule has 1 fully saturated rings. The molecule has 0 unspecified atom stereocenters. The van der Waals surface area contributed by atoms with Gasteiger partial charge in [0.2, 0.25) is 0 Å². The van der Waals surface area contributed by atoms with Gasteiger partial charge in [0.1, 0.15) is 0 Å². The highest BCUT2D eigenvalue weighted by molar-refractivity contribution is 5.76. The van der Waals surface area contributed by atoms with Crippen LogP contribution in [0.3, 0.4) is 0 Å². The summed E-state index contributed by atoms with van der Waals surface area (Å²) in [6.45, 7) is 1.64. The monoisotopic (exact) mass is 218 g/mol. The number of nitrogens with one attached hydrogen (secondary N) is 1. The fourth-order valence-electron chi connectivity index (χ4n) is 1.15. The van der Waals surface area contributed by atoms with Crippen LogP contribution in [0.4, 0.5) is 4.79 Å². The Bertz CT molecular complexity index is 239. The van der Waals surface area contributed by atoms with E-state index >= 15 is 0 Å². The van der Waals surface area contributed by atoms with Crippen molar-refractivity contribution in [3.8, 4) is 0 Å². The molecule has 1 heterocycles. The summed E-state index contributed by atoms with van der Waals surface area (Å²) in [5, 5.41) is 19.6. The molecule has 1 aliphatic rings. The van der Waals surface area contributed by atoms with Crippen LogP contribution in [0.5, 0.6) is 0 Å². The third kappa shape index (κ3) is 3.72. The number of aliphatic hydroxyl groups excluding tert-OH is 1. The highest BCUT2D eigenvalue weighted by Gasteiger charge is 2.19. The normalized spacial score (nSPS) is 18.3. The SMILES string of the molecule is O=C(O)[C@@H](O)CNC(=O)N1CCOCC1. The van der Waals surface area contributed by atoms with E-state index in [9.17, 15) is 9.59 Å². The second-order valence-electron chi connectivity index (χ2n) is 3.14. The maximum absolute atomic E-state index is 11.4. The molecule has 1 saturated heterocycles. The smallest absolute Gasteiger partial charge is 0.334 e. The van der Waals surface area contributed by atoms with Gasteiger partial charge in [-0.1, -0.05) is 0 Å². The number of morpholine rings is 1. The summed E-state index contributed by atoms with van der Waals surface area (Å²) in [5.41, 5.74) is 0. The molecule has 7 heteroatoms. The number of aliphatic hydroxyl groups is 1. The van der Waals surface area contributed by atoms with E-state index in [2.05, 4.69) is 5.32 Å². The average Bonchev–Trinajstić information content (AvgIpc) is 2.26. The van der Waals surface area contributed by atoms with Crippen LogP contribution in [0, 0.1) is 0 Å². The van der Waals surface area contributed by atoms with E-state index in [1.54, 1.807) is 0 Å². The topological polar surface area (TPSA) is 99.1 Å². The summed E-state index contributed by atoms with van der Waals surface area (Å²) in [5.74, 6) is -1.35. The van der Waals surface area contributed by atoms with E-state index in [4.69, 9.17) is 14.9 Å². The van der Waals surface area contributed by atoms with Crippen molar-refractivity contribution in [3.05, 3.63) is 0 Å². The van der Waals surface area contributed by atoms with E-state index in [-0.39, 0.29) is 12.6 Å². The second-order valence-corrected chi connectivity index (χ2v) is 3.14. The largest absolute Gasteiger partial charge is 0.479 e. The number of aliphatic carboxylic acids is 1. The Morgan fingerprint density at radius 1 is 1.40 bits per heavy atom. The number of ether oxygens (including phenoxy) is 1. The summed E-state index contributed by atoms with van der Waals surface area (Å²) in [6, 6.07) is -0.376. The molecule has 1 aliphatic heterocycles. The molecule has 2 amide bonds. The quantitative estimate of drug-likeness (QED) is 0.534. The van der Waals surface area contributed by atoms with Crippen LogP contribution in [0.25, 0.3) is 0 Å². The lowest BCUT2D eigenvalue weighted by Gasteiger charge is -2.27. The molecule has 1 atom stereocenters. The van der Waals surface area contributed by atoms with Gasteiger partial charge >= 0.3 is 12.0 Å². The van der Waals surface area contributed by atoms with Gasteiger partial charge in [-0.15, -0.1) is 0 Å². The van der Waals surface area contributed by atoms with Gasteiger partial charge < -0.3 is 25.2 Å². The molecule has 7 nitrogen and oxygen atoms in total. The van der Waals surface area contributed by atoms with Crippen molar-refractivity contribution in [2.24, 2.45) is 0 Å². The summed E-state index contributed by atoms with van der Waals surface area (Å²) < 4.78 is 5.05. The van der Waals surface area contributed by atoms with Gasteiger partial charge in [-0.2, -0.15) is 0 Å². The lowest BCUT2D eigenvalue weighted by atomic mass is 10.3. The number of hydrogen-bond acceptors (Lipinski definition) is 4. The first-order valence-electron chi connectivity index (χ1n) is 4.62. The van der Waals surface area contributed by atoms with Gasteiger partial charge in [0.25, 0.3) is 0 Å². The second kappa shape index (κ2) is 5.52. The van der Waals surface area contributed by atoms with Crippen LogP contribution in [-0.2, 0) is 9.53 Å². The molecule has 0 spiro atoms. The molecule has 0 bridgehead atoms. The highest BCUT2D eigenvalue weighted by Crippen LogP contribution is 1.96. The van der Waals surface area contributed by atoms with Crippen molar-refractivity contribution < 1.29 is 24.5 Å². The highest BCUT2D eigenvalue weighted by atomic mass is 16.5. The van der Waals surface area contributed by atoms with Crippen molar-refractivity contribution in [1.29, 1.82) is 0 Å². The molecular formula is C8H14N2O5. The Hall–Kier alpha value is -1.34. The van der Waals surface area contributed by atoms with E-state index in [1.807, 2.05) is 0 Å². The van der Waals surface area contributed by atoms with Crippen LogP contribution < -0.4 is 5.32 Å². The molecule has 0 aromatic rings. The minimum Gasteiger partial charge on any atom is -0.479 e. The van der Waals surface area contributed by atoms with Crippen LogP contribution in [-0.4, -0.2) is 66.1 Å². The number of carboxylic acid groups (broad SMARTS) is 1. The number of nitrogens with zero attached hydrogens (tertiary/aromatic N) is 1. The number of carboxylic acids is 1. The third-order valence-electron chi connectivity index (χ3n) is 2.03. The molecule has 0 aromatic heterocycles. The first kappa shape index (κ1) is 11.7. The Kier molecular flexibility index (Phi) is 4.32. The van der Waals surface area contributed by atoms with Crippen molar-refractivity contribution in [2.45, 2.75) is 6.10 Å². The molecule has 3 N–H and O–H groups in total. The zero-order chi connectivity index (χ0) is 11.3. The van der Waals surface area contributed by atoms with E-state index in [1.165, 1.54) is 4.90 Å². The number of carbonyl (C=O) groups is 2. The number of rotatable bonds is 3. The number of urea groups is 1. The van der Waals surface area contributed by atoms with Gasteiger partial charge in [0, 0.05) is 13.1 Å². The van der Waals surface area contributed by atoms with Crippen LogP contribution in [0.1, 0.15) is 0 Å². The Morgan fingerprint density at radius 2 is 2.00 bits per heavy atom. The van der Waals surface area contributed by atoms with Crippen LogP contribution in [0.15, 0.2) is 0 Å². The predicted octanol–water partition coefficient (Wildman–Crippen LogP) is -1.53. The van der Waals surface area contributed by atoms with E-state index in [0.717, 1.165) is 0 Å². The number of hydrogen-bond donors (Lipinski definition) is 3. The summed E-state index contributed by atoms with van der Waals surface area (Å²) in [7, 11) is 0. The molecule has 0 aliphatic carbocycles. The molecule has 0 saturated carbocycles. The number of carbonyl (C=O) groups excluding carboxylic acids is 1. The van der Waals surface area contributed by atoms with Gasteiger partial charge in [-0.3, -0.25) is 0 Å². The standard InChI is InChI=1S/C8H14N2O5/c11-6(7(12)13)5-9-8(14)10-1-3-15-4-2-10/h6,11H,1-5H2,(H,9,14)(H,12,13)/t6-/m0/s1. The lowest BCUT2D eigenvalue weighted by molar-refractivity contribution is -0.146. The zero-order valence-electron chi connectivity index (χ0n) is 8.18. The fraction of sp³-hybridized carbons (Fsp3) is 0.750. The van der Waals surface area contributed by atoms with Crippen molar-refractivity contribution in [3.63, 3.8) is 0 Å². The fourth-order valence-corrected chi connectivity index (χ4v) is 1.15. The van der Waals surface area contributed by atoms with Gasteiger partial charge in [-0.25, -0.2) is 9.59 Å². The first-order valence-corrected chi connectivity index (χ1v) is 4.62. The molecule has 15 heavy (non-hydrogen) atoms. The predicted molar refractivity (Wildman–Crippen MR) is 49.4 cm³/mol. The van der Waals surface area contributed by atoms with Crippen molar-refractivity contribution >= 4 is 12.0 Å². The maximum Gasteiger partial charge on any atom is 0.334 e. The Labute approximate surface area is 86.6 Å². The Morgan fingerprint density at radius 3 is 2.53 bits per heavy atom. The molecule has 0 aromatic carbocycles. The maximum atomic E-state index is 11.4. The van der Waals surface area contributed by atoms with E-state index < -0.39 is 12.1 Å². The lowest BCUT2D eigenvalue weighted by Crippen LogP contribution is -2.48. The van der Waals surface area contributed by atoms with E-state index in [0.29, 0.717) is 26.3 Å². The van der Waals surface area contributed by atoms with Crippen molar-refractivity contribution in [2.75, 3.05) is 32.8 Å². The minimum atomic E-state index is -1.56. The Balaban J connectivity index is 2.25. The summed E-state index contributed by atoms with van der Waals surface area (Å²) in [6.07, 6.45) is -1.56. The van der Waals surface area contributed by atoms with Gasteiger partial charge in [0.05, 0.1) is 19.8 Å². The summed E-state index contributed by atoms with van der Waals surface area (Å²) in [4.78, 5) is 23.1. The van der Waals surface area contributed by atoms with Gasteiger partial charge in [0.15, 0.2) is 6.10 Å². The number of amides is 2. The average molecular weight is 218 g/mol. The summed E-state index contributed by atoms with van der Waals surface area (Å²) >= 11 is 0. The minimum absolute atomic E-state index is 0.286. The van der Waals surface area contributed by atoms with Crippen molar-refractivity contribution in [1.82, 2.24) is 10.2 Å². The van der Waals surface area contributed by atoms with Crippen LogP contribution in [0.2, 0.25) is 0 Å². The third-order valence-corrected chi connectivity index (χ3v) is 2.03. The molecular weight excluding hydrogens is 204 g/mol. The van der Waals surface area contributed by atoms with Gasteiger partial charge in [-0.05, 0) is 0 Å². The molecule has 1 rings (SSSR count).